The van der Waals surface area contributed by atoms with E-state index in [1.165, 1.54) is 4.68 Å². The molecule has 2 heterocycles. The van der Waals surface area contributed by atoms with Crippen LogP contribution in [0.5, 0.6) is 0 Å². The van der Waals surface area contributed by atoms with E-state index in [2.05, 4.69) is 21.7 Å². The zero-order valence-electron chi connectivity index (χ0n) is 15.9. The molecule has 2 amide bonds. The van der Waals surface area contributed by atoms with E-state index >= 15 is 0 Å². The molecule has 3 N–H and O–H groups in total. The lowest BCUT2D eigenvalue weighted by Crippen LogP contribution is -2.20. The molecule has 0 saturated carbocycles. The van der Waals surface area contributed by atoms with Crippen molar-refractivity contribution in [1.29, 1.82) is 0 Å². The topological polar surface area (TPSA) is 115 Å². The minimum absolute atomic E-state index is 0.333. The van der Waals surface area contributed by atoms with Crippen molar-refractivity contribution in [3.63, 3.8) is 0 Å². The highest BCUT2D eigenvalue weighted by atomic mass is 32.2. The van der Waals surface area contributed by atoms with Crippen molar-refractivity contribution in [2.75, 3.05) is 5.32 Å². The number of hydrogen-bond acceptors (Lipinski definition) is 4. The van der Waals surface area contributed by atoms with Gasteiger partial charge in [-0.15, -0.1) is 4.36 Å². The molecule has 10 heteroatoms. The first-order chi connectivity index (χ1) is 13.3. The van der Waals surface area contributed by atoms with Gasteiger partial charge in [-0.1, -0.05) is 6.92 Å². The number of urea groups is 1. The molecule has 150 valence electrons. The smallest absolute Gasteiger partial charge is 0.305 e. The number of aryl methyl sites for hydroxylation is 2. The van der Waals surface area contributed by atoms with Crippen LogP contribution in [0.25, 0.3) is 0 Å². The minimum Gasteiger partial charge on any atom is -0.305 e. The van der Waals surface area contributed by atoms with Crippen molar-refractivity contribution in [2.45, 2.75) is 63.4 Å². The zero-order chi connectivity index (χ0) is 20.1. The Morgan fingerprint density at radius 2 is 2.21 bits per heavy atom. The molecule has 28 heavy (non-hydrogen) atoms. The molecule has 8 nitrogen and oxygen atoms in total. The van der Waals surface area contributed by atoms with E-state index in [0.29, 0.717) is 18.2 Å². The highest BCUT2D eigenvalue weighted by Crippen LogP contribution is 2.41. The van der Waals surface area contributed by atoms with Gasteiger partial charge in [-0.05, 0) is 56.1 Å². The molecule has 2 aromatic heterocycles. The standard InChI is InChI=1S/C18H23FN6O2S/c1-3-25-9-13(19)17(23-25)28(20,27)24-18(26)22-16-11-5-4-6-14(11)21-15-10(2)7-8-12(15)16/h9-10H,3-8H2,1-2H3,(H3,20,21,22,24,26,27)/t10-,28+/m0/s1. The third kappa shape index (κ3) is 3.20. The molecule has 0 spiro atoms. The van der Waals surface area contributed by atoms with Crippen molar-refractivity contribution in [3.8, 4) is 0 Å². The van der Waals surface area contributed by atoms with Crippen molar-refractivity contribution in [2.24, 2.45) is 9.50 Å². The van der Waals surface area contributed by atoms with E-state index in [9.17, 15) is 13.4 Å². The number of carbonyl (C=O) groups is 1. The Morgan fingerprint density at radius 3 is 2.93 bits per heavy atom. The summed E-state index contributed by atoms with van der Waals surface area (Å²) in [6.45, 7) is 4.26. The lowest BCUT2D eigenvalue weighted by atomic mass is 10.0. The average molecular weight is 406 g/mol. The number of hydrogen-bond donors (Lipinski definition) is 2. The number of carbonyl (C=O) groups excluding carboxylic acids is 1. The number of rotatable bonds is 3. The first-order valence-corrected chi connectivity index (χ1v) is 11.0. The largest absolute Gasteiger partial charge is 0.354 e. The molecule has 4 rings (SSSR count). The van der Waals surface area contributed by atoms with Gasteiger partial charge >= 0.3 is 6.03 Å². The van der Waals surface area contributed by atoms with Crippen LogP contribution in [-0.4, -0.2) is 25.0 Å². The van der Waals surface area contributed by atoms with Gasteiger partial charge in [0.15, 0.2) is 15.7 Å². The summed E-state index contributed by atoms with van der Waals surface area (Å²) >= 11 is 0. The number of nitrogens with two attached hydrogens (primary N) is 1. The number of pyridine rings is 1. The van der Waals surface area contributed by atoms with Gasteiger partial charge in [-0.2, -0.15) is 5.10 Å². The number of nitrogens with one attached hydrogen (secondary N) is 1. The second-order valence-electron chi connectivity index (χ2n) is 7.30. The lowest BCUT2D eigenvalue weighted by Gasteiger charge is -2.15. The Labute approximate surface area is 163 Å². The number of aromatic nitrogens is 3. The van der Waals surface area contributed by atoms with E-state index in [0.717, 1.165) is 60.8 Å². The van der Waals surface area contributed by atoms with Crippen molar-refractivity contribution in [1.82, 2.24) is 14.8 Å². The Hall–Kier alpha value is -2.33. The fraction of sp³-hybridized carbons (Fsp3) is 0.500. The Kier molecular flexibility index (Phi) is 4.70. The third-order valence-electron chi connectivity index (χ3n) is 5.39. The van der Waals surface area contributed by atoms with Gasteiger partial charge in [-0.3, -0.25) is 9.67 Å². The average Bonchev–Trinajstić information content (AvgIpc) is 3.33. The quantitative estimate of drug-likeness (QED) is 0.815. The van der Waals surface area contributed by atoms with Crippen LogP contribution in [0.4, 0.5) is 14.9 Å². The Morgan fingerprint density at radius 1 is 1.43 bits per heavy atom. The van der Waals surface area contributed by atoms with Gasteiger partial charge in [0.1, 0.15) is 0 Å². The number of fused-ring (bicyclic) bond motifs is 2. The van der Waals surface area contributed by atoms with Gasteiger partial charge < -0.3 is 5.32 Å². The van der Waals surface area contributed by atoms with Gasteiger partial charge in [-0.25, -0.2) is 18.5 Å². The van der Waals surface area contributed by atoms with Crippen molar-refractivity contribution < 1.29 is 13.4 Å². The summed E-state index contributed by atoms with van der Waals surface area (Å²) in [5, 5.41) is 11.8. The fourth-order valence-electron chi connectivity index (χ4n) is 3.99. The predicted octanol–water partition coefficient (Wildman–Crippen LogP) is 2.91. The molecule has 2 aliphatic carbocycles. The molecule has 0 saturated heterocycles. The van der Waals surface area contributed by atoms with E-state index in [4.69, 9.17) is 10.1 Å². The summed E-state index contributed by atoms with van der Waals surface area (Å²) in [4.78, 5) is 17.4. The van der Waals surface area contributed by atoms with Crippen LogP contribution in [0.15, 0.2) is 15.6 Å². The maximum atomic E-state index is 14.0. The summed E-state index contributed by atoms with van der Waals surface area (Å²) in [5.74, 6) is -0.509. The summed E-state index contributed by atoms with van der Waals surface area (Å²) in [6.07, 6.45) is 5.56. The third-order valence-corrected chi connectivity index (χ3v) is 6.66. The molecular formula is C18H23FN6O2S. The lowest BCUT2D eigenvalue weighted by molar-refractivity contribution is 0.260. The van der Waals surface area contributed by atoms with E-state index < -0.39 is 26.8 Å². The zero-order valence-corrected chi connectivity index (χ0v) is 16.7. The van der Waals surface area contributed by atoms with Gasteiger partial charge in [0.05, 0.1) is 11.9 Å². The number of amides is 2. The van der Waals surface area contributed by atoms with E-state index in [1.807, 2.05) is 0 Å². The van der Waals surface area contributed by atoms with Gasteiger partial charge in [0.25, 0.3) is 0 Å². The normalized spacial score (nSPS) is 19.8. The molecule has 0 bridgehead atoms. The summed E-state index contributed by atoms with van der Waals surface area (Å²) in [5.41, 5.74) is 4.76. The van der Waals surface area contributed by atoms with Crippen molar-refractivity contribution >= 4 is 21.6 Å². The minimum atomic E-state index is -3.80. The van der Waals surface area contributed by atoms with Crippen LogP contribution in [0.2, 0.25) is 0 Å². The number of halogens is 1. The van der Waals surface area contributed by atoms with Crippen LogP contribution < -0.4 is 10.5 Å². The summed E-state index contributed by atoms with van der Waals surface area (Å²) in [6, 6.07) is -0.861. The molecule has 0 fully saturated rings. The molecule has 0 aromatic carbocycles. The van der Waals surface area contributed by atoms with Crippen LogP contribution in [0.1, 0.15) is 55.1 Å². The van der Waals surface area contributed by atoms with Crippen LogP contribution in [0.3, 0.4) is 0 Å². The monoisotopic (exact) mass is 406 g/mol. The van der Waals surface area contributed by atoms with Crippen LogP contribution in [-0.2, 0) is 35.7 Å². The molecule has 2 atom stereocenters. The second-order valence-corrected chi connectivity index (χ2v) is 9.00. The van der Waals surface area contributed by atoms with E-state index in [-0.39, 0.29) is 0 Å². The molecule has 0 radical (unpaired) electrons. The second kappa shape index (κ2) is 6.93. The maximum absolute atomic E-state index is 14.0. The molecular weight excluding hydrogens is 383 g/mol. The highest BCUT2D eigenvalue weighted by molar-refractivity contribution is 7.91. The fourth-order valence-corrected chi connectivity index (χ4v) is 4.92. The maximum Gasteiger partial charge on any atom is 0.354 e. The Bertz CT molecular complexity index is 1090. The van der Waals surface area contributed by atoms with Gasteiger partial charge in [0, 0.05) is 17.9 Å². The number of anilines is 1. The number of nitrogens with zero attached hydrogens (tertiary/aromatic N) is 4. The molecule has 0 aliphatic heterocycles. The van der Waals surface area contributed by atoms with Gasteiger partial charge in [0.2, 0.25) is 5.03 Å². The summed E-state index contributed by atoms with van der Waals surface area (Å²) < 4.78 is 31.5. The van der Waals surface area contributed by atoms with Crippen molar-refractivity contribution in [3.05, 3.63) is 34.5 Å². The van der Waals surface area contributed by atoms with E-state index in [1.54, 1.807) is 6.92 Å². The highest BCUT2D eigenvalue weighted by Gasteiger charge is 2.30. The first-order valence-electron chi connectivity index (χ1n) is 9.43. The Balaban J connectivity index is 1.70. The molecule has 0 unspecified atom stereocenters. The molecule has 2 aromatic rings. The molecule has 2 aliphatic rings. The SMILES string of the molecule is CCn1cc(F)c([S@](N)(=O)=NC(=O)Nc2c3c(nc4c2CC[C@@H]4C)CCC3)n1. The first kappa shape index (κ1) is 19.0. The summed E-state index contributed by atoms with van der Waals surface area (Å²) in [7, 11) is -3.80. The predicted molar refractivity (Wildman–Crippen MR) is 103 cm³/mol. The van der Waals surface area contributed by atoms with Crippen LogP contribution in [0, 0.1) is 5.82 Å². The van der Waals surface area contributed by atoms with Crippen LogP contribution >= 0.6 is 0 Å².